The van der Waals surface area contributed by atoms with Crippen LogP contribution in [0.4, 0.5) is 4.79 Å². The lowest BCUT2D eigenvalue weighted by molar-refractivity contribution is 0.173. The van der Waals surface area contributed by atoms with Gasteiger partial charge in [-0.05, 0) is 28.1 Å². The summed E-state index contributed by atoms with van der Waals surface area (Å²) in [5.74, 6) is -0.722. The Kier molecular flexibility index (Phi) is 4.68. The third-order valence-corrected chi connectivity index (χ3v) is 2.19. The van der Waals surface area contributed by atoms with Gasteiger partial charge in [-0.25, -0.2) is 4.79 Å². The summed E-state index contributed by atoms with van der Waals surface area (Å²) in [6.45, 7) is 1.92. The molecule has 0 bridgehead atoms. The van der Waals surface area contributed by atoms with E-state index in [2.05, 4.69) is 21.3 Å². The number of likely N-dealkylation sites (N-methyl/N-ethyl adjacent to an activating group) is 3. The number of hydrogen-bond acceptors (Lipinski definition) is 4. The molecule has 1 unspecified atom stereocenters. The van der Waals surface area contributed by atoms with E-state index >= 15 is 0 Å². The topological polar surface area (TPSA) is 91.2 Å². The Balaban J connectivity index is 4.57. The normalized spacial score (nSPS) is 13.8. The maximum atomic E-state index is 10.8. The Morgan fingerprint density at radius 1 is 1.31 bits per heavy atom. The van der Waals surface area contributed by atoms with Gasteiger partial charge in [-0.1, -0.05) is 0 Å². The zero-order valence-electron chi connectivity index (χ0n) is 8.56. The van der Waals surface area contributed by atoms with Gasteiger partial charge in [0.25, 0.3) is 0 Å². The summed E-state index contributed by atoms with van der Waals surface area (Å²) in [5.41, 5.74) is 5.06. The van der Waals surface area contributed by atoms with Crippen LogP contribution in [0.1, 0.15) is 6.92 Å². The molecule has 78 valence electrons. The number of nitrogens with two attached hydrogens (primary N) is 1. The molecule has 0 aliphatic carbocycles. The number of hydrogen-bond donors (Lipinski definition) is 5. The molecule has 0 fully saturated rings. The average molecular weight is 189 g/mol. The van der Waals surface area contributed by atoms with Crippen LogP contribution in [0.15, 0.2) is 0 Å². The molecule has 13 heavy (non-hydrogen) atoms. The highest BCUT2D eigenvalue weighted by molar-refractivity contribution is 5.72. The van der Waals surface area contributed by atoms with Crippen molar-refractivity contribution in [3.63, 3.8) is 0 Å². The average Bonchev–Trinajstić information content (AvgIpc) is 2.12. The second-order valence-electron chi connectivity index (χ2n) is 2.81. The quantitative estimate of drug-likeness (QED) is 0.335. The van der Waals surface area contributed by atoms with Gasteiger partial charge in [0, 0.05) is 0 Å². The molecule has 0 radical (unpaired) electrons. The Morgan fingerprint density at radius 2 is 1.77 bits per heavy atom. The third-order valence-electron chi connectivity index (χ3n) is 2.19. The number of carbonyl (C=O) groups is 1. The fraction of sp³-hybridized carbons (Fsp3) is 0.857. The molecular formula is C7H19N5O. The molecule has 2 amide bonds. The molecule has 1 atom stereocenters. The third kappa shape index (κ3) is 2.83. The summed E-state index contributed by atoms with van der Waals surface area (Å²) in [6, 6.07) is -0.583. The first kappa shape index (κ1) is 12.2. The lowest BCUT2D eigenvalue weighted by Gasteiger charge is -2.38. The molecule has 0 spiro atoms. The van der Waals surface area contributed by atoms with Gasteiger partial charge in [-0.15, -0.1) is 0 Å². The van der Waals surface area contributed by atoms with Crippen molar-refractivity contribution in [3.8, 4) is 0 Å². The maximum absolute atomic E-state index is 10.8. The van der Waals surface area contributed by atoms with Crippen LogP contribution in [-0.2, 0) is 0 Å². The monoisotopic (exact) mass is 189 g/mol. The van der Waals surface area contributed by atoms with Crippen LogP contribution >= 0.6 is 0 Å². The molecule has 0 aromatic carbocycles. The minimum Gasteiger partial charge on any atom is -0.352 e. The number of urea groups is 1. The first-order valence-electron chi connectivity index (χ1n) is 4.15. The number of nitrogens with one attached hydrogen (secondary N) is 4. The second kappa shape index (κ2) is 5.00. The highest BCUT2D eigenvalue weighted by Crippen LogP contribution is 2.00. The minimum atomic E-state index is -0.722. The van der Waals surface area contributed by atoms with Crippen molar-refractivity contribution in [2.45, 2.75) is 18.8 Å². The van der Waals surface area contributed by atoms with Gasteiger partial charge in [-0.3, -0.25) is 10.6 Å². The molecule has 0 aromatic rings. The molecule has 0 heterocycles. The van der Waals surface area contributed by atoms with E-state index in [-0.39, 0.29) is 6.04 Å². The zero-order chi connectivity index (χ0) is 10.5. The first-order chi connectivity index (χ1) is 6.02. The van der Waals surface area contributed by atoms with E-state index in [1.54, 1.807) is 21.1 Å². The number of carbonyl (C=O) groups excluding carboxylic acids is 1. The van der Waals surface area contributed by atoms with Gasteiger partial charge in [-0.2, -0.15) is 0 Å². The number of primary amides is 1. The molecule has 6 nitrogen and oxygen atoms in total. The van der Waals surface area contributed by atoms with Crippen LogP contribution in [0.3, 0.4) is 0 Å². The second-order valence-corrected chi connectivity index (χ2v) is 2.81. The van der Waals surface area contributed by atoms with Gasteiger partial charge in [0.15, 0.2) is 5.79 Å². The molecule has 6 N–H and O–H groups in total. The van der Waals surface area contributed by atoms with E-state index in [9.17, 15) is 4.79 Å². The Hall–Kier alpha value is -0.850. The van der Waals surface area contributed by atoms with E-state index < -0.39 is 11.8 Å². The molecule has 0 aliphatic heterocycles. The van der Waals surface area contributed by atoms with Crippen LogP contribution < -0.4 is 27.0 Å². The summed E-state index contributed by atoms with van der Waals surface area (Å²) in [5, 5.41) is 11.5. The first-order valence-corrected chi connectivity index (χ1v) is 4.15. The van der Waals surface area contributed by atoms with Crippen molar-refractivity contribution in [1.82, 2.24) is 21.3 Å². The van der Waals surface area contributed by atoms with Gasteiger partial charge in [0.2, 0.25) is 0 Å². The highest BCUT2D eigenvalue weighted by atomic mass is 16.2. The van der Waals surface area contributed by atoms with Crippen LogP contribution in [0.5, 0.6) is 0 Å². The van der Waals surface area contributed by atoms with E-state index in [0.29, 0.717) is 0 Å². The largest absolute Gasteiger partial charge is 0.352 e. The lowest BCUT2D eigenvalue weighted by Crippen LogP contribution is -2.74. The van der Waals surface area contributed by atoms with Crippen LogP contribution in [0.25, 0.3) is 0 Å². The maximum Gasteiger partial charge on any atom is 0.314 e. The Labute approximate surface area is 78.6 Å². The molecule has 0 rings (SSSR count). The number of amides is 2. The van der Waals surface area contributed by atoms with Crippen LogP contribution in [-0.4, -0.2) is 39.0 Å². The SMILES string of the molecule is CNC(C)C(NC)(NC)NC(N)=O. The van der Waals surface area contributed by atoms with E-state index in [0.717, 1.165) is 0 Å². The number of rotatable bonds is 5. The van der Waals surface area contributed by atoms with Gasteiger partial charge in [0.05, 0.1) is 6.04 Å². The smallest absolute Gasteiger partial charge is 0.314 e. The van der Waals surface area contributed by atoms with E-state index in [1.807, 2.05) is 6.92 Å². The molecule has 6 heteroatoms. The van der Waals surface area contributed by atoms with Gasteiger partial charge < -0.3 is 16.4 Å². The predicted molar refractivity (Wildman–Crippen MR) is 52.1 cm³/mol. The van der Waals surface area contributed by atoms with Crippen molar-refractivity contribution >= 4 is 6.03 Å². The van der Waals surface area contributed by atoms with E-state index in [4.69, 9.17) is 5.73 Å². The van der Waals surface area contributed by atoms with Crippen LogP contribution in [0, 0.1) is 0 Å². The predicted octanol–water partition coefficient (Wildman–Crippen LogP) is -1.64. The van der Waals surface area contributed by atoms with Crippen molar-refractivity contribution in [2.75, 3.05) is 21.1 Å². The Morgan fingerprint density at radius 3 is 2.00 bits per heavy atom. The summed E-state index contributed by atoms with van der Waals surface area (Å²) in [6.07, 6.45) is 0. The molecule has 0 aromatic heterocycles. The summed E-state index contributed by atoms with van der Waals surface area (Å²) in [4.78, 5) is 10.8. The lowest BCUT2D eigenvalue weighted by atomic mass is 10.1. The zero-order valence-corrected chi connectivity index (χ0v) is 8.56. The van der Waals surface area contributed by atoms with Crippen molar-refractivity contribution in [3.05, 3.63) is 0 Å². The minimum absolute atomic E-state index is 0.00463. The van der Waals surface area contributed by atoms with Gasteiger partial charge >= 0.3 is 6.03 Å². The van der Waals surface area contributed by atoms with Crippen molar-refractivity contribution in [2.24, 2.45) is 5.73 Å². The summed E-state index contributed by atoms with van der Waals surface area (Å²) in [7, 11) is 5.28. The van der Waals surface area contributed by atoms with Crippen molar-refractivity contribution < 1.29 is 4.79 Å². The standard InChI is InChI=1S/C7H19N5O/c1-5(9-2)7(10-3,11-4)12-6(8)13/h5,9-11H,1-4H3,(H3,8,12,13). The van der Waals surface area contributed by atoms with Crippen LogP contribution in [0.2, 0.25) is 0 Å². The molecule has 0 saturated carbocycles. The fourth-order valence-electron chi connectivity index (χ4n) is 1.20. The Bertz CT molecular complexity index is 168. The van der Waals surface area contributed by atoms with Crippen molar-refractivity contribution in [1.29, 1.82) is 0 Å². The fourth-order valence-corrected chi connectivity index (χ4v) is 1.20. The van der Waals surface area contributed by atoms with E-state index in [1.165, 1.54) is 0 Å². The molecule has 0 aliphatic rings. The summed E-state index contributed by atoms with van der Waals surface area (Å²) < 4.78 is 0. The molecular weight excluding hydrogens is 170 g/mol. The highest BCUT2D eigenvalue weighted by Gasteiger charge is 2.33. The molecule has 0 saturated heterocycles. The van der Waals surface area contributed by atoms with Gasteiger partial charge in [0.1, 0.15) is 0 Å². The summed E-state index contributed by atoms with van der Waals surface area (Å²) >= 11 is 0.